The Bertz CT molecular complexity index is 315. The number of nitrogens with zero attached hydrogens (tertiary/aromatic N) is 2. The van der Waals surface area contributed by atoms with E-state index in [1.165, 1.54) is 38.6 Å². The molecule has 0 aliphatic heterocycles. The highest BCUT2D eigenvalue weighted by molar-refractivity contribution is 5.02. The van der Waals surface area contributed by atoms with Crippen LogP contribution in [0.2, 0.25) is 0 Å². The normalized spacial score (nSPS) is 18.2. The number of aryl methyl sites for hydroxylation is 1. The topological polar surface area (TPSA) is 29.3 Å². The van der Waals surface area contributed by atoms with Gasteiger partial charge in [-0.05, 0) is 32.7 Å². The number of rotatable bonds is 4. The van der Waals surface area contributed by atoms with E-state index in [1.54, 1.807) is 0 Å². The third-order valence-electron chi connectivity index (χ3n) is 3.40. The standard InChI is InChI=1S/C13H22N2O/c1-11-8-13(16-14-11)10-15(2)9-12-6-4-3-5-7-12/h8,12H,3-7,9-10H2,1-2H3. The molecule has 3 nitrogen and oxygen atoms in total. The molecule has 1 fully saturated rings. The molecule has 0 aromatic carbocycles. The fraction of sp³-hybridized carbons (Fsp3) is 0.769. The smallest absolute Gasteiger partial charge is 0.150 e. The number of hydrogen-bond donors (Lipinski definition) is 0. The van der Waals surface area contributed by atoms with E-state index >= 15 is 0 Å². The Morgan fingerprint density at radius 2 is 2.12 bits per heavy atom. The molecule has 1 aromatic heterocycles. The lowest BCUT2D eigenvalue weighted by molar-refractivity contribution is 0.209. The van der Waals surface area contributed by atoms with E-state index in [4.69, 9.17) is 4.52 Å². The first-order valence-electron chi connectivity index (χ1n) is 6.35. The van der Waals surface area contributed by atoms with Gasteiger partial charge in [-0.15, -0.1) is 0 Å². The molecule has 1 saturated carbocycles. The van der Waals surface area contributed by atoms with E-state index in [9.17, 15) is 0 Å². The molecule has 0 bridgehead atoms. The van der Waals surface area contributed by atoms with Crippen molar-refractivity contribution in [3.63, 3.8) is 0 Å². The van der Waals surface area contributed by atoms with E-state index in [0.29, 0.717) is 0 Å². The summed E-state index contributed by atoms with van der Waals surface area (Å²) >= 11 is 0. The molecule has 0 atom stereocenters. The minimum absolute atomic E-state index is 0.886. The van der Waals surface area contributed by atoms with Gasteiger partial charge in [-0.2, -0.15) is 0 Å². The van der Waals surface area contributed by atoms with E-state index in [2.05, 4.69) is 17.1 Å². The summed E-state index contributed by atoms with van der Waals surface area (Å²) in [5.41, 5.74) is 0.973. The molecule has 90 valence electrons. The molecular weight excluding hydrogens is 200 g/mol. The van der Waals surface area contributed by atoms with Crippen molar-refractivity contribution in [2.75, 3.05) is 13.6 Å². The third-order valence-corrected chi connectivity index (χ3v) is 3.40. The molecule has 0 amide bonds. The highest BCUT2D eigenvalue weighted by atomic mass is 16.5. The van der Waals surface area contributed by atoms with Crippen LogP contribution < -0.4 is 0 Å². The Hall–Kier alpha value is -0.830. The van der Waals surface area contributed by atoms with Gasteiger partial charge in [0.1, 0.15) is 0 Å². The highest BCUT2D eigenvalue weighted by Crippen LogP contribution is 2.24. The van der Waals surface area contributed by atoms with Crippen molar-refractivity contribution in [2.24, 2.45) is 5.92 Å². The largest absolute Gasteiger partial charge is 0.360 e. The molecule has 16 heavy (non-hydrogen) atoms. The van der Waals surface area contributed by atoms with E-state index in [-0.39, 0.29) is 0 Å². The van der Waals surface area contributed by atoms with Crippen LogP contribution in [-0.4, -0.2) is 23.6 Å². The summed E-state index contributed by atoms with van der Waals surface area (Å²) in [5.74, 6) is 1.87. The molecule has 0 spiro atoms. The van der Waals surface area contributed by atoms with Crippen LogP contribution in [0.25, 0.3) is 0 Å². The molecule has 0 saturated heterocycles. The van der Waals surface area contributed by atoms with Crippen LogP contribution in [-0.2, 0) is 6.54 Å². The van der Waals surface area contributed by atoms with Gasteiger partial charge < -0.3 is 4.52 Å². The zero-order valence-electron chi connectivity index (χ0n) is 10.4. The minimum atomic E-state index is 0.886. The van der Waals surface area contributed by atoms with E-state index in [1.807, 2.05) is 13.0 Å². The van der Waals surface area contributed by atoms with Crippen molar-refractivity contribution >= 4 is 0 Å². The van der Waals surface area contributed by atoms with Gasteiger partial charge in [0.2, 0.25) is 0 Å². The van der Waals surface area contributed by atoms with Gasteiger partial charge in [0.15, 0.2) is 5.76 Å². The average Bonchev–Trinajstić information content (AvgIpc) is 2.65. The molecule has 1 aromatic rings. The second-order valence-electron chi connectivity index (χ2n) is 5.14. The van der Waals surface area contributed by atoms with Crippen molar-refractivity contribution in [3.8, 4) is 0 Å². The summed E-state index contributed by atoms with van der Waals surface area (Å²) in [6.45, 7) is 4.05. The molecule has 0 N–H and O–H groups in total. The van der Waals surface area contributed by atoms with Crippen LogP contribution in [0.3, 0.4) is 0 Å². The zero-order chi connectivity index (χ0) is 11.4. The van der Waals surface area contributed by atoms with Crippen LogP contribution in [0.4, 0.5) is 0 Å². The monoisotopic (exact) mass is 222 g/mol. The molecule has 0 radical (unpaired) electrons. The van der Waals surface area contributed by atoms with Crippen molar-refractivity contribution < 1.29 is 4.52 Å². The third kappa shape index (κ3) is 3.34. The summed E-state index contributed by atoms with van der Waals surface area (Å²) in [5, 5.41) is 3.91. The Kier molecular flexibility index (Phi) is 3.99. The van der Waals surface area contributed by atoms with E-state index in [0.717, 1.165) is 23.9 Å². The van der Waals surface area contributed by atoms with Crippen LogP contribution in [0, 0.1) is 12.8 Å². The maximum atomic E-state index is 5.23. The molecule has 1 aliphatic carbocycles. The van der Waals surface area contributed by atoms with Crippen LogP contribution in [0.1, 0.15) is 43.6 Å². The number of hydrogen-bond acceptors (Lipinski definition) is 3. The summed E-state index contributed by atoms with van der Waals surface area (Å²) in [6.07, 6.45) is 7.07. The molecule has 2 rings (SSSR count). The van der Waals surface area contributed by atoms with Crippen molar-refractivity contribution in [1.82, 2.24) is 10.1 Å². The second kappa shape index (κ2) is 5.48. The maximum Gasteiger partial charge on any atom is 0.150 e. The predicted octanol–water partition coefficient (Wildman–Crippen LogP) is 3.00. The van der Waals surface area contributed by atoms with Crippen LogP contribution in [0.15, 0.2) is 10.6 Å². The van der Waals surface area contributed by atoms with Crippen molar-refractivity contribution in [2.45, 2.75) is 45.6 Å². The van der Waals surface area contributed by atoms with Crippen LogP contribution in [0.5, 0.6) is 0 Å². The quantitative estimate of drug-likeness (QED) is 0.784. The predicted molar refractivity (Wildman–Crippen MR) is 64.1 cm³/mol. The Labute approximate surface area is 97.8 Å². The number of aromatic nitrogens is 1. The Balaban J connectivity index is 1.77. The van der Waals surface area contributed by atoms with Gasteiger partial charge in [0, 0.05) is 12.6 Å². The van der Waals surface area contributed by atoms with Crippen molar-refractivity contribution in [3.05, 3.63) is 17.5 Å². The summed E-state index contributed by atoms with van der Waals surface area (Å²) in [4.78, 5) is 2.36. The first-order valence-corrected chi connectivity index (χ1v) is 6.35. The van der Waals surface area contributed by atoms with Gasteiger partial charge in [-0.3, -0.25) is 4.90 Å². The van der Waals surface area contributed by atoms with Gasteiger partial charge in [-0.1, -0.05) is 24.4 Å². The second-order valence-corrected chi connectivity index (χ2v) is 5.14. The van der Waals surface area contributed by atoms with Gasteiger partial charge in [0.05, 0.1) is 12.2 Å². The molecule has 1 aliphatic rings. The van der Waals surface area contributed by atoms with Gasteiger partial charge in [0.25, 0.3) is 0 Å². The molecular formula is C13H22N2O. The molecule has 3 heteroatoms. The first kappa shape index (κ1) is 11.6. The van der Waals surface area contributed by atoms with Gasteiger partial charge in [-0.25, -0.2) is 0 Å². The molecule has 0 unspecified atom stereocenters. The minimum Gasteiger partial charge on any atom is -0.360 e. The zero-order valence-corrected chi connectivity index (χ0v) is 10.4. The van der Waals surface area contributed by atoms with Crippen LogP contribution >= 0.6 is 0 Å². The fourth-order valence-electron chi connectivity index (χ4n) is 2.63. The Morgan fingerprint density at radius 3 is 2.75 bits per heavy atom. The summed E-state index contributed by atoms with van der Waals surface area (Å²) < 4.78 is 5.23. The SMILES string of the molecule is Cc1cc(CN(C)CC2CCCCC2)on1. The summed E-state index contributed by atoms with van der Waals surface area (Å²) in [6, 6.07) is 2.03. The fourth-order valence-corrected chi connectivity index (χ4v) is 2.63. The first-order chi connectivity index (χ1) is 7.74. The molecule has 1 heterocycles. The average molecular weight is 222 g/mol. The highest BCUT2D eigenvalue weighted by Gasteiger charge is 2.16. The van der Waals surface area contributed by atoms with Crippen molar-refractivity contribution in [1.29, 1.82) is 0 Å². The lowest BCUT2D eigenvalue weighted by atomic mass is 9.89. The Morgan fingerprint density at radius 1 is 1.38 bits per heavy atom. The summed E-state index contributed by atoms with van der Waals surface area (Å²) in [7, 11) is 2.17. The van der Waals surface area contributed by atoms with Gasteiger partial charge >= 0.3 is 0 Å². The lowest BCUT2D eigenvalue weighted by Gasteiger charge is -2.26. The maximum absolute atomic E-state index is 5.23. The van der Waals surface area contributed by atoms with E-state index < -0.39 is 0 Å². The lowest BCUT2D eigenvalue weighted by Crippen LogP contribution is -2.26.